The van der Waals surface area contributed by atoms with Gasteiger partial charge in [0.2, 0.25) is 0 Å². The number of ether oxygens (including phenoxy) is 2. The topological polar surface area (TPSA) is 56.5 Å². The third kappa shape index (κ3) is 3.26. The van der Waals surface area contributed by atoms with E-state index < -0.39 is 0 Å². The van der Waals surface area contributed by atoms with Crippen LogP contribution in [0, 0.1) is 11.7 Å². The predicted molar refractivity (Wildman–Crippen MR) is 77.9 cm³/mol. The highest BCUT2D eigenvalue weighted by Crippen LogP contribution is 2.41. The zero-order chi connectivity index (χ0) is 14.7. The molecule has 21 heavy (non-hydrogen) atoms. The number of hydrogen-bond donors (Lipinski definition) is 2. The normalized spacial score (nSPS) is 26.7. The van der Waals surface area contributed by atoms with Crippen molar-refractivity contribution in [2.75, 3.05) is 19.8 Å². The van der Waals surface area contributed by atoms with E-state index in [-0.39, 0.29) is 17.5 Å². The van der Waals surface area contributed by atoms with Gasteiger partial charge in [0.05, 0.1) is 5.60 Å². The summed E-state index contributed by atoms with van der Waals surface area (Å²) in [7, 11) is 0. The lowest BCUT2D eigenvalue weighted by Crippen LogP contribution is -2.47. The zero-order valence-corrected chi connectivity index (χ0v) is 12.2. The van der Waals surface area contributed by atoms with Gasteiger partial charge in [-0.1, -0.05) is 12.1 Å². The summed E-state index contributed by atoms with van der Waals surface area (Å²) in [6, 6.07) is 6.65. The van der Waals surface area contributed by atoms with Crippen LogP contribution in [0.1, 0.15) is 37.3 Å². The van der Waals surface area contributed by atoms with E-state index >= 15 is 0 Å². The van der Waals surface area contributed by atoms with Crippen molar-refractivity contribution in [1.29, 1.82) is 0 Å². The Bertz CT molecular complexity index is 472. The second-order valence-electron chi connectivity index (χ2n) is 6.10. The minimum absolute atomic E-state index is 0.0377. The van der Waals surface area contributed by atoms with E-state index in [1.807, 2.05) is 6.07 Å². The molecule has 2 heterocycles. The SMILES string of the molecule is NNC(c1cccc(F)c1)C1CCOC2(CCOCC2)C1. The molecule has 1 aromatic carbocycles. The fourth-order valence-corrected chi connectivity index (χ4v) is 3.65. The summed E-state index contributed by atoms with van der Waals surface area (Å²) in [5.41, 5.74) is 3.71. The Morgan fingerprint density at radius 3 is 2.81 bits per heavy atom. The quantitative estimate of drug-likeness (QED) is 0.663. The summed E-state index contributed by atoms with van der Waals surface area (Å²) in [4.78, 5) is 0. The van der Waals surface area contributed by atoms with Crippen LogP contribution in [0.3, 0.4) is 0 Å². The number of nitrogens with two attached hydrogens (primary N) is 1. The van der Waals surface area contributed by atoms with Gasteiger partial charge in [-0.3, -0.25) is 11.3 Å². The first-order chi connectivity index (χ1) is 10.2. The van der Waals surface area contributed by atoms with Crippen molar-refractivity contribution in [3.63, 3.8) is 0 Å². The van der Waals surface area contributed by atoms with Crippen molar-refractivity contribution >= 4 is 0 Å². The minimum atomic E-state index is -0.222. The molecule has 2 saturated heterocycles. The molecule has 2 unspecified atom stereocenters. The highest BCUT2D eigenvalue weighted by atomic mass is 19.1. The number of benzene rings is 1. The summed E-state index contributed by atoms with van der Waals surface area (Å²) in [6.45, 7) is 2.25. The molecule has 0 bridgehead atoms. The molecule has 5 heteroatoms. The molecular formula is C16H23FN2O2. The number of nitrogens with one attached hydrogen (secondary N) is 1. The Morgan fingerprint density at radius 2 is 2.10 bits per heavy atom. The fraction of sp³-hybridized carbons (Fsp3) is 0.625. The van der Waals surface area contributed by atoms with E-state index in [4.69, 9.17) is 15.3 Å². The molecule has 116 valence electrons. The minimum Gasteiger partial charge on any atom is -0.381 e. The van der Waals surface area contributed by atoms with Crippen LogP contribution in [0.4, 0.5) is 4.39 Å². The van der Waals surface area contributed by atoms with Gasteiger partial charge in [0.1, 0.15) is 5.82 Å². The lowest BCUT2D eigenvalue weighted by molar-refractivity contribution is -0.150. The standard InChI is InChI=1S/C16H23FN2O2/c17-14-3-1-2-12(10-14)15(19-18)13-4-7-21-16(11-13)5-8-20-9-6-16/h1-3,10,13,15,19H,4-9,11,18H2. The van der Waals surface area contributed by atoms with Gasteiger partial charge in [-0.05, 0) is 49.3 Å². The van der Waals surface area contributed by atoms with E-state index in [0.29, 0.717) is 5.92 Å². The van der Waals surface area contributed by atoms with Crippen LogP contribution in [-0.2, 0) is 9.47 Å². The highest BCUT2D eigenvalue weighted by Gasteiger charge is 2.41. The second kappa shape index (κ2) is 6.40. The molecule has 1 aromatic rings. The molecule has 0 aromatic heterocycles. The number of hydrogen-bond acceptors (Lipinski definition) is 4. The Kier molecular flexibility index (Phi) is 4.54. The van der Waals surface area contributed by atoms with Crippen LogP contribution in [0.2, 0.25) is 0 Å². The zero-order valence-electron chi connectivity index (χ0n) is 12.2. The first-order valence-corrected chi connectivity index (χ1v) is 7.66. The third-order valence-corrected chi connectivity index (χ3v) is 4.79. The van der Waals surface area contributed by atoms with Gasteiger partial charge in [-0.25, -0.2) is 4.39 Å². The molecule has 3 rings (SSSR count). The molecule has 2 atom stereocenters. The Labute approximate surface area is 124 Å². The van der Waals surface area contributed by atoms with Crippen molar-refractivity contribution in [3.8, 4) is 0 Å². The lowest BCUT2D eigenvalue weighted by atomic mass is 9.76. The molecule has 2 aliphatic rings. The van der Waals surface area contributed by atoms with E-state index in [1.54, 1.807) is 12.1 Å². The molecule has 4 nitrogen and oxygen atoms in total. The van der Waals surface area contributed by atoms with Gasteiger partial charge >= 0.3 is 0 Å². The summed E-state index contributed by atoms with van der Waals surface area (Å²) in [5.74, 6) is 5.89. The van der Waals surface area contributed by atoms with Gasteiger partial charge < -0.3 is 9.47 Å². The van der Waals surface area contributed by atoms with E-state index in [1.165, 1.54) is 6.07 Å². The van der Waals surface area contributed by atoms with Crippen molar-refractivity contribution in [2.45, 2.75) is 37.3 Å². The van der Waals surface area contributed by atoms with Gasteiger partial charge in [-0.15, -0.1) is 0 Å². The van der Waals surface area contributed by atoms with Crippen molar-refractivity contribution in [2.24, 2.45) is 11.8 Å². The molecule has 0 radical (unpaired) electrons. The molecule has 1 spiro atoms. The number of hydrazine groups is 1. The van der Waals surface area contributed by atoms with Crippen molar-refractivity contribution in [1.82, 2.24) is 5.43 Å². The molecular weight excluding hydrogens is 271 g/mol. The molecule has 2 fully saturated rings. The summed E-state index contributed by atoms with van der Waals surface area (Å²) in [6.07, 6.45) is 3.75. The van der Waals surface area contributed by atoms with Crippen LogP contribution in [0.5, 0.6) is 0 Å². The molecule has 2 aliphatic heterocycles. The summed E-state index contributed by atoms with van der Waals surface area (Å²) in [5, 5.41) is 0. The Hall–Kier alpha value is -1.01. The van der Waals surface area contributed by atoms with Crippen molar-refractivity contribution in [3.05, 3.63) is 35.6 Å². The first kappa shape index (κ1) is 14.9. The van der Waals surface area contributed by atoms with Crippen LogP contribution in [0.15, 0.2) is 24.3 Å². The van der Waals surface area contributed by atoms with Crippen LogP contribution >= 0.6 is 0 Å². The van der Waals surface area contributed by atoms with Crippen molar-refractivity contribution < 1.29 is 13.9 Å². The van der Waals surface area contributed by atoms with Crippen LogP contribution in [0.25, 0.3) is 0 Å². The maximum atomic E-state index is 13.5. The summed E-state index contributed by atoms with van der Waals surface area (Å²) < 4.78 is 25.0. The highest BCUT2D eigenvalue weighted by molar-refractivity contribution is 5.21. The molecule has 0 saturated carbocycles. The van der Waals surface area contributed by atoms with Gasteiger partial charge in [0.15, 0.2) is 0 Å². The average Bonchev–Trinajstić information content (AvgIpc) is 2.49. The first-order valence-electron chi connectivity index (χ1n) is 7.66. The molecule has 3 N–H and O–H groups in total. The van der Waals surface area contributed by atoms with E-state index in [9.17, 15) is 4.39 Å². The number of rotatable bonds is 3. The Morgan fingerprint density at radius 1 is 1.29 bits per heavy atom. The maximum Gasteiger partial charge on any atom is 0.123 e. The molecule has 0 aliphatic carbocycles. The smallest absolute Gasteiger partial charge is 0.123 e. The Balaban J connectivity index is 1.77. The lowest BCUT2D eigenvalue weighted by Gasteiger charge is -2.45. The van der Waals surface area contributed by atoms with E-state index in [2.05, 4.69) is 5.43 Å². The summed E-state index contributed by atoms with van der Waals surface area (Å²) >= 11 is 0. The molecule has 0 amide bonds. The van der Waals surface area contributed by atoms with Gasteiger partial charge in [0.25, 0.3) is 0 Å². The van der Waals surface area contributed by atoms with Crippen LogP contribution < -0.4 is 11.3 Å². The monoisotopic (exact) mass is 294 g/mol. The largest absolute Gasteiger partial charge is 0.381 e. The van der Waals surface area contributed by atoms with Crippen LogP contribution in [-0.4, -0.2) is 25.4 Å². The third-order valence-electron chi connectivity index (χ3n) is 4.79. The van der Waals surface area contributed by atoms with E-state index in [0.717, 1.165) is 51.1 Å². The van der Waals surface area contributed by atoms with Gasteiger partial charge in [-0.2, -0.15) is 0 Å². The van der Waals surface area contributed by atoms with Gasteiger partial charge in [0, 0.05) is 25.9 Å². The predicted octanol–water partition coefficient (Wildman–Crippen LogP) is 2.31. The number of halogens is 1. The maximum absolute atomic E-state index is 13.5. The second-order valence-corrected chi connectivity index (χ2v) is 6.10. The fourth-order valence-electron chi connectivity index (χ4n) is 3.65. The average molecular weight is 294 g/mol.